The van der Waals surface area contributed by atoms with Crippen LogP contribution in [0.2, 0.25) is 0 Å². The smallest absolute Gasteiger partial charge is 0.274 e. The van der Waals surface area contributed by atoms with Crippen LogP contribution in [0.1, 0.15) is 35.3 Å². The molecule has 0 unspecified atom stereocenters. The SMILES string of the molecule is Cn1ccc(C(=O)N2CCC3(CC2)C[C@@H](OCc2ccncc2)CO3)n1. The van der Waals surface area contributed by atoms with E-state index in [4.69, 9.17) is 9.47 Å². The zero-order valence-electron chi connectivity index (χ0n) is 15.0. The number of carbonyl (C=O) groups is 1. The van der Waals surface area contributed by atoms with Gasteiger partial charge in [0.2, 0.25) is 0 Å². The van der Waals surface area contributed by atoms with Gasteiger partial charge >= 0.3 is 0 Å². The quantitative estimate of drug-likeness (QED) is 0.835. The van der Waals surface area contributed by atoms with Crippen LogP contribution in [0, 0.1) is 0 Å². The van der Waals surface area contributed by atoms with E-state index in [0.717, 1.165) is 24.8 Å². The summed E-state index contributed by atoms with van der Waals surface area (Å²) in [5.74, 6) is 0.00364. The Morgan fingerprint density at radius 3 is 2.77 bits per heavy atom. The number of nitrogens with zero attached hydrogens (tertiary/aromatic N) is 4. The van der Waals surface area contributed by atoms with Crippen molar-refractivity contribution in [2.75, 3.05) is 19.7 Å². The molecule has 0 bridgehead atoms. The summed E-state index contributed by atoms with van der Waals surface area (Å²) in [4.78, 5) is 18.4. The second kappa shape index (κ2) is 7.17. The van der Waals surface area contributed by atoms with Crippen molar-refractivity contribution >= 4 is 5.91 Å². The van der Waals surface area contributed by atoms with Crippen LogP contribution in [0.5, 0.6) is 0 Å². The predicted octanol–water partition coefficient (Wildman–Crippen LogP) is 1.80. The highest BCUT2D eigenvalue weighted by Gasteiger charge is 2.44. The molecule has 138 valence electrons. The lowest BCUT2D eigenvalue weighted by Crippen LogP contribution is -2.46. The molecule has 2 aromatic rings. The Hall–Kier alpha value is -2.25. The summed E-state index contributed by atoms with van der Waals surface area (Å²) >= 11 is 0. The third-order valence-electron chi connectivity index (χ3n) is 5.30. The van der Waals surface area contributed by atoms with Crippen molar-refractivity contribution in [3.8, 4) is 0 Å². The molecule has 2 saturated heterocycles. The zero-order chi connectivity index (χ0) is 18.0. The van der Waals surface area contributed by atoms with Crippen molar-refractivity contribution in [2.45, 2.75) is 37.6 Å². The first-order valence-corrected chi connectivity index (χ1v) is 9.07. The van der Waals surface area contributed by atoms with E-state index in [9.17, 15) is 4.79 Å². The number of aromatic nitrogens is 3. The maximum atomic E-state index is 12.5. The maximum Gasteiger partial charge on any atom is 0.274 e. The van der Waals surface area contributed by atoms with E-state index in [0.29, 0.717) is 32.0 Å². The number of piperidine rings is 1. The maximum absolute atomic E-state index is 12.5. The third kappa shape index (κ3) is 3.64. The molecule has 4 heterocycles. The second-order valence-corrected chi connectivity index (χ2v) is 7.15. The van der Waals surface area contributed by atoms with Gasteiger partial charge in [0.25, 0.3) is 5.91 Å². The van der Waals surface area contributed by atoms with Crippen LogP contribution >= 0.6 is 0 Å². The van der Waals surface area contributed by atoms with Crippen LogP contribution < -0.4 is 0 Å². The number of carbonyl (C=O) groups excluding carboxylic acids is 1. The Balaban J connectivity index is 1.28. The van der Waals surface area contributed by atoms with Gasteiger partial charge in [-0.25, -0.2) is 0 Å². The number of ether oxygens (including phenoxy) is 2. The summed E-state index contributed by atoms with van der Waals surface area (Å²) in [6.07, 6.45) is 8.05. The monoisotopic (exact) mass is 356 g/mol. The highest BCUT2D eigenvalue weighted by Crippen LogP contribution is 2.37. The summed E-state index contributed by atoms with van der Waals surface area (Å²) < 4.78 is 13.8. The van der Waals surface area contributed by atoms with E-state index in [2.05, 4.69) is 10.1 Å². The number of pyridine rings is 1. The molecule has 2 aliphatic rings. The van der Waals surface area contributed by atoms with Crippen LogP contribution in [0.25, 0.3) is 0 Å². The van der Waals surface area contributed by atoms with Crippen LogP contribution in [0.15, 0.2) is 36.8 Å². The van der Waals surface area contributed by atoms with Gasteiger partial charge in [-0.15, -0.1) is 0 Å². The lowest BCUT2D eigenvalue weighted by Gasteiger charge is -2.38. The molecular weight excluding hydrogens is 332 g/mol. The predicted molar refractivity (Wildman–Crippen MR) is 94.5 cm³/mol. The molecular formula is C19H24N4O3. The minimum absolute atomic E-state index is 0.00364. The molecule has 2 fully saturated rings. The Morgan fingerprint density at radius 1 is 1.31 bits per heavy atom. The number of hydrogen-bond donors (Lipinski definition) is 0. The topological polar surface area (TPSA) is 69.5 Å². The van der Waals surface area contributed by atoms with E-state index >= 15 is 0 Å². The van der Waals surface area contributed by atoms with Gasteiger partial charge in [0.15, 0.2) is 0 Å². The number of rotatable bonds is 4. The van der Waals surface area contributed by atoms with Crippen molar-refractivity contribution in [1.82, 2.24) is 19.7 Å². The fourth-order valence-corrected chi connectivity index (χ4v) is 3.76. The van der Waals surface area contributed by atoms with Crippen LogP contribution in [0.4, 0.5) is 0 Å². The van der Waals surface area contributed by atoms with E-state index in [1.165, 1.54) is 0 Å². The normalized spacial score (nSPS) is 22.0. The Morgan fingerprint density at radius 2 is 2.08 bits per heavy atom. The number of aryl methyl sites for hydroxylation is 1. The average molecular weight is 356 g/mol. The van der Waals surface area contributed by atoms with Crippen molar-refractivity contribution in [3.05, 3.63) is 48.0 Å². The van der Waals surface area contributed by atoms with Gasteiger partial charge in [0.1, 0.15) is 5.69 Å². The highest BCUT2D eigenvalue weighted by molar-refractivity contribution is 5.92. The summed E-state index contributed by atoms with van der Waals surface area (Å²) in [5, 5.41) is 4.21. The summed E-state index contributed by atoms with van der Waals surface area (Å²) in [5.41, 5.74) is 1.48. The van der Waals surface area contributed by atoms with Gasteiger partial charge in [-0.2, -0.15) is 5.10 Å². The summed E-state index contributed by atoms with van der Waals surface area (Å²) in [7, 11) is 1.82. The first-order valence-electron chi connectivity index (χ1n) is 9.07. The molecule has 26 heavy (non-hydrogen) atoms. The van der Waals surface area contributed by atoms with Crippen LogP contribution in [-0.4, -0.2) is 57.0 Å². The van der Waals surface area contributed by atoms with Gasteiger partial charge in [0.05, 0.1) is 24.9 Å². The first kappa shape index (κ1) is 17.2. The number of hydrogen-bond acceptors (Lipinski definition) is 5. The minimum Gasteiger partial charge on any atom is -0.372 e. The lowest BCUT2D eigenvalue weighted by atomic mass is 9.88. The molecule has 1 spiro atoms. The van der Waals surface area contributed by atoms with Crippen molar-refractivity contribution in [2.24, 2.45) is 7.05 Å². The first-order chi connectivity index (χ1) is 12.6. The van der Waals surface area contributed by atoms with E-state index in [1.807, 2.05) is 24.1 Å². The van der Waals surface area contributed by atoms with Crippen molar-refractivity contribution in [3.63, 3.8) is 0 Å². The molecule has 1 amide bonds. The fraction of sp³-hybridized carbons (Fsp3) is 0.526. The van der Waals surface area contributed by atoms with Crippen LogP contribution in [-0.2, 0) is 23.1 Å². The van der Waals surface area contributed by atoms with Crippen LogP contribution in [0.3, 0.4) is 0 Å². The molecule has 2 aliphatic heterocycles. The summed E-state index contributed by atoms with van der Waals surface area (Å²) in [6, 6.07) is 5.70. The Labute approximate surface area is 152 Å². The third-order valence-corrected chi connectivity index (χ3v) is 5.30. The molecule has 4 rings (SSSR count). The molecule has 0 aromatic carbocycles. The Kier molecular flexibility index (Phi) is 4.74. The van der Waals surface area contributed by atoms with Gasteiger partial charge in [-0.05, 0) is 36.6 Å². The second-order valence-electron chi connectivity index (χ2n) is 7.15. The molecule has 2 aromatic heterocycles. The zero-order valence-corrected chi connectivity index (χ0v) is 15.0. The highest BCUT2D eigenvalue weighted by atomic mass is 16.6. The average Bonchev–Trinajstić information content (AvgIpc) is 3.28. The molecule has 0 saturated carbocycles. The standard InChI is InChI=1S/C19H24N4O3/c1-22-9-4-17(21-22)18(24)23-10-5-19(6-11-23)12-16(14-26-19)25-13-15-2-7-20-8-3-15/h2-4,7-9,16H,5-6,10-14H2,1H3/t16-/m1/s1. The largest absolute Gasteiger partial charge is 0.372 e. The van der Waals surface area contributed by atoms with Crippen molar-refractivity contribution < 1.29 is 14.3 Å². The van der Waals surface area contributed by atoms with Gasteiger partial charge in [0, 0.05) is 45.1 Å². The van der Waals surface area contributed by atoms with Gasteiger partial charge in [-0.3, -0.25) is 14.5 Å². The van der Waals surface area contributed by atoms with Crippen molar-refractivity contribution in [1.29, 1.82) is 0 Å². The van der Waals surface area contributed by atoms with Gasteiger partial charge in [-0.1, -0.05) is 0 Å². The van der Waals surface area contributed by atoms with E-state index < -0.39 is 0 Å². The molecule has 7 heteroatoms. The fourth-order valence-electron chi connectivity index (χ4n) is 3.76. The lowest BCUT2D eigenvalue weighted by molar-refractivity contribution is -0.0413. The number of likely N-dealkylation sites (tertiary alicyclic amines) is 1. The number of amides is 1. The van der Waals surface area contributed by atoms with Gasteiger partial charge < -0.3 is 14.4 Å². The van der Waals surface area contributed by atoms with E-state index in [-0.39, 0.29) is 17.6 Å². The molecule has 0 aliphatic carbocycles. The molecule has 7 nitrogen and oxygen atoms in total. The molecule has 0 radical (unpaired) electrons. The molecule has 0 N–H and O–H groups in total. The Bertz CT molecular complexity index is 753. The molecule has 1 atom stereocenters. The minimum atomic E-state index is -0.149. The van der Waals surface area contributed by atoms with E-state index in [1.54, 1.807) is 29.3 Å². The summed E-state index contributed by atoms with van der Waals surface area (Å²) in [6.45, 7) is 2.61.